The van der Waals surface area contributed by atoms with Gasteiger partial charge in [0.2, 0.25) is 0 Å². The van der Waals surface area contributed by atoms with Crippen molar-refractivity contribution in [3.05, 3.63) is 46.5 Å². The number of rotatable bonds is 1. The van der Waals surface area contributed by atoms with Crippen LogP contribution in [0.3, 0.4) is 0 Å². The summed E-state index contributed by atoms with van der Waals surface area (Å²) in [5.41, 5.74) is 2.53. The Kier molecular flexibility index (Phi) is 3.09. The molecule has 3 rings (SSSR count). The normalized spacial score (nSPS) is 18.7. The number of carbonyl (C=O) groups excluding carboxylic acids is 1. The summed E-state index contributed by atoms with van der Waals surface area (Å²) in [5, 5.41) is 0. The molecule has 0 unspecified atom stereocenters. The lowest BCUT2D eigenvalue weighted by Crippen LogP contribution is -2.37. The molecule has 1 amide bonds. The van der Waals surface area contributed by atoms with Crippen molar-refractivity contribution in [1.29, 1.82) is 0 Å². The van der Waals surface area contributed by atoms with Crippen LogP contribution in [0.5, 0.6) is 0 Å². The molecule has 1 heterocycles. The number of hydrogen-bond acceptors (Lipinski definition) is 1. The number of nitrogens with zero attached hydrogens (tertiary/aromatic N) is 1. The quantitative estimate of drug-likeness (QED) is 0.712. The topological polar surface area (TPSA) is 20.3 Å². The van der Waals surface area contributed by atoms with E-state index in [0.29, 0.717) is 13.1 Å². The molecule has 0 spiro atoms. The van der Waals surface area contributed by atoms with Gasteiger partial charge < -0.3 is 4.90 Å². The monoisotopic (exact) mass is 263 g/mol. The van der Waals surface area contributed by atoms with Crippen LogP contribution in [0.2, 0.25) is 0 Å². The van der Waals surface area contributed by atoms with Gasteiger partial charge in [0.15, 0.2) is 0 Å². The molecule has 1 saturated carbocycles. The second kappa shape index (κ2) is 4.76. The predicted octanol–water partition coefficient (Wildman–Crippen LogP) is 3.29. The van der Waals surface area contributed by atoms with Crippen molar-refractivity contribution >= 4 is 5.91 Å². The molecule has 19 heavy (non-hydrogen) atoms. The van der Waals surface area contributed by atoms with Crippen LogP contribution in [-0.4, -0.2) is 23.9 Å². The first kappa shape index (κ1) is 12.3. The third-order valence-electron chi connectivity index (χ3n) is 3.83. The highest BCUT2D eigenvalue weighted by atomic mass is 19.1. The fourth-order valence-corrected chi connectivity index (χ4v) is 2.61. The van der Waals surface area contributed by atoms with Crippen molar-refractivity contribution in [2.45, 2.75) is 25.7 Å². The van der Waals surface area contributed by atoms with E-state index in [2.05, 4.69) is 0 Å². The van der Waals surface area contributed by atoms with Crippen molar-refractivity contribution in [2.75, 3.05) is 13.1 Å². The molecule has 1 aromatic rings. The van der Waals surface area contributed by atoms with Gasteiger partial charge >= 0.3 is 0 Å². The molecule has 0 aromatic heterocycles. The van der Waals surface area contributed by atoms with Crippen LogP contribution in [0, 0.1) is 11.6 Å². The Morgan fingerprint density at radius 2 is 1.47 bits per heavy atom. The Balaban J connectivity index is 1.76. The smallest absolute Gasteiger partial charge is 0.259 e. The van der Waals surface area contributed by atoms with Gasteiger partial charge in [-0.05, 0) is 37.8 Å². The van der Waals surface area contributed by atoms with Crippen LogP contribution in [0.1, 0.15) is 36.0 Å². The summed E-state index contributed by atoms with van der Waals surface area (Å²) in [6, 6.07) is 3.52. The lowest BCUT2D eigenvalue weighted by atomic mass is 10.0. The molecule has 2 nitrogen and oxygen atoms in total. The van der Waals surface area contributed by atoms with Crippen LogP contribution in [0.4, 0.5) is 8.78 Å². The minimum Gasteiger partial charge on any atom is -0.338 e. The van der Waals surface area contributed by atoms with Crippen molar-refractivity contribution in [3.8, 4) is 0 Å². The fraction of sp³-hybridized carbons (Fsp3) is 0.400. The number of amides is 1. The Morgan fingerprint density at radius 1 is 0.947 bits per heavy atom. The molecule has 2 fully saturated rings. The zero-order valence-corrected chi connectivity index (χ0v) is 10.6. The third-order valence-corrected chi connectivity index (χ3v) is 3.83. The summed E-state index contributed by atoms with van der Waals surface area (Å²) in [6.45, 7) is 1.12. The molecule has 0 bridgehead atoms. The second-order valence-electron chi connectivity index (χ2n) is 5.10. The van der Waals surface area contributed by atoms with Crippen molar-refractivity contribution in [2.24, 2.45) is 0 Å². The van der Waals surface area contributed by atoms with E-state index in [0.717, 1.165) is 25.0 Å². The summed E-state index contributed by atoms with van der Waals surface area (Å²) in [6.07, 6.45) is 4.06. The Bertz CT molecular complexity index is 529. The lowest BCUT2D eigenvalue weighted by Gasteiger charge is -2.28. The number of hydrogen-bond donors (Lipinski definition) is 0. The van der Waals surface area contributed by atoms with Gasteiger partial charge in [-0.2, -0.15) is 0 Å². The van der Waals surface area contributed by atoms with Crippen LogP contribution in [0.15, 0.2) is 29.3 Å². The first-order chi connectivity index (χ1) is 9.16. The van der Waals surface area contributed by atoms with Crippen LogP contribution in [0.25, 0.3) is 0 Å². The Morgan fingerprint density at radius 3 is 2.00 bits per heavy atom. The highest BCUT2D eigenvalue weighted by molar-refractivity contribution is 5.94. The molecule has 100 valence electrons. The van der Waals surface area contributed by atoms with Crippen molar-refractivity contribution < 1.29 is 13.6 Å². The highest BCUT2D eigenvalue weighted by Gasteiger charge is 2.27. The summed E-state index contributed by atoms with van der Waals surface area (Å²) in [4.78, 5) is 13.7. The van der Waals surface area contributed by atoms with E-state index in [1.807, 2.05) is 0 Å². The van der Waals surface area contributed by atoms with E-state index in [1.54, 1.807) is 4.90 Å². The van der Waals surface area contributed by atoms with Gasteiger partial charge in [0.25, 0.3) is 5.91 Å². The molecule has 2 aliphatic rings. The van der Waals surface area contributed by atoms with Crippen molar-refractivity contribution in [1.82, 2.24) is 4.90 Å². The van der Waals surface area contributed by atoms with Crippen molar-refractivity contribution in [3.63, 3.8) is 0 Å². The molecule has 1 aliphatic carbocycles. The largest absolute Gasteiger partial charge is 0.338 e. The molecule has 4 heteroatoms. The van der Waals surface area contributed by atoms with Crippen LogP contribution >= 0.6 is 0 Å². The zero-order valence-electron chi connectivity index (χ0n) is 10.6. The van der Waals surface area contributed by atoms with Gasteiger partial charge in [-0.1, -0.05) is 17.2 Å². The van der Waals surface area contributed by atoms with E-state index >= 15 is 0 Å². The fourth-order valence-electron chi connectivity index (χ4n) is 2.61. The summed E-state index contributed by atoms with van der Waals surface area (Å²) in [5.74, 6) is -2.09. The summed E-state index contributed by atoms with van der Waals surface area (Å²) < 4.78 is 27.1. The van der Waals surface area contributed by atoms with Gasteiger partial charge in [-0.3, -0.25) is 4.79 Å². The minimum absolute atomic E-state index is 0.426. The number of piperidine rings is 1. The Hall–Kier alpha value is -1.71. The molecule has 1 saturated heterocycles. The van der Waals surface area contributed by atoms with E-state index in [9.17, 15) is 13.6 Å². The standard InChI is InChI=1S/C15H15F2NO/c16-12-2-1-3-13(17)14(12)15(19)18-8-6-11(7-9-18)10-4-5-10/h1-3H,4-9H2. The van der Waals surface area contributed by atoms with Gasteiger partial charge in [0.05, 0.1) is 0 Å². The average Bonchev–Trinajstić information content (AvgIpc) is 3.23. The maximum absolute atomic E-state index is 13.6. The maximum Gasteiger partial charge on any atom is 0.259 e. The summed E-state index contributed by atoms with van der Waals surface area (Å²) in [7, 11) is 0. The first-order valence-corrected chi connectivity index (χ1v) is 6.60. The SMILES string of the molecule is O=C(c1c(F)cccc1F)N1CCC(=C2CC2)CC1. The maximum atomic E-state index is 13.6. The predicted molar refractivity (Wildman–Crippen MR) is 67.8 cm³/mol. The van der Waals surface area contributed by atoms with E-state index in [4.69, 9.17) is 0 Å². The zero-order chi connectivity index (χ0) is 13.4. The average molecular weight is 263 g/mol. The van der Waals surface area contributed by atoms with Gasteiger partial charge in [-0.15, -0.1) is 0 Å². The van der Waals surface area contributed by atoms with Crippen LogP contribution in [-0.2, 0) is 0 Å². The van der Waals surface area contributed by atoms with Crippen LogP contribution < -0.4 is 0 Å². The second-order valence-corrected chi connectivity index (χ2v) is 5.10. The molecule has 0 atom stereocenters. The summed E-state index contributed by atoms with van der Waals surface area (Å²) >= 11 is 0. The number of likely N-dealkylation sites (tertiary alicyclic amines) is 1. The van der Waals surface area contributed by atoms with E-state index in [1.165, 1.54) is 30.1 Å². The van der Waals surface area contributed by atoms with Gasteiger partial charge in [-0.25, -0.2) is 8.78 Å². The number of benzene rings is 1. The van der Waals surface area contributed by atoms with E-state index < -0.39 is 23.1 Å². The molecular weight excluding hydrogens is 248 g/mol. The number of halogens is 2. The van der Waals surface area contributed by atoms with Gasteiger partial charge in [0, 0.05) is 13.1 Å². The molecule has 1 aliphatic heterocycles. The molecule has 0 N–H and O–H groups in total. The van der Waals surface area contributed by atoms with E-state index in [-0.39, 0.29) is 0 Å². The minimum atomic E-state index is -0.781. The first-order valence-electron chi connectivity index (χ1n) is 6.60. The lowest BCUT2D eigenvalue weighted by molar-refractivity contribution is 0.0733. The molecule has 1 aromatic carbocycles. The third kappa shape index (κ3) is 2.39. The highest BCUT2D eigenvalue weighted by Crippen LogP contribution is 2.36. The molecule has 0 radical (unpaired) electrons. The molecular formula is C15H15F2NO. The number of carbonyl (C=O) groups is 1. The number of allylic oxidation sites excluding steroid dienone is 1. The van der Waals surface area contributed by atoms with Gasteiger partial charge in [0.1, 0.15) is 17.2 Å². The Labute approximate surface area is 110 Å².